The van der Waals surface area contributed by atoms with Crippen molar-refractivity contribution < 1.29 is 4.39 Å². The first kappa shape index (κ1) is 6.22. The third-order valence-corrected chi connectivity index (χ3v) is 1.50. The normalized spacial score (nSPS) is 10.3. The van der Waals surface area contributed by atoms with E-state index in [1.807, 2.05) is 0 Å². The first-order valence-corrected chi connectivity index (χ1v) is 3.24. The molecule has 1 aromatic heterocycles. The lowest BCUT2D eigenvalue weighted by Gasteiger charge is -1.93. The van der Waals surface area contributed by atoms with Gasteiger partial charge >= 0.3 is 0 Å². The van der Waals surface area contributed by atoms with Crippen molar-refractivity contribution in [2.45, 2.75) is 0 Å². The maximum Gasteiger partial charge on any atom is 0.152 e. The highest BCUT2D eigenvalue weighted by molar-refractivity contribution is 5.77. The van der Waals surface area contributed by atoms with Crippen LogP contribution in [-0.2, 0) is 0 Å². The second kappa shape index (κ2) is 2.27. The minimum atomic E-state index is -0.324. The van der Waals surface area contributed by atoms with Gasteiger partial charge in [0.05, 0.1) is 11.7 Å². The Kier molecular flexibility index (Phi) is 1.28. The summed E-state index contributed by atoms with van der Waals surface area (Å²) in [4.78, 5) is 0. The van der Waals surface area contributed by atoms with Crippen LogP contribution in [0.2, 0.25) is 0 Å². The van der Waals surface area contributed by atoms with Gasteiger partial charge in [0.25, 0.3) is 0 Å². The molecule has 0 aliphatic carbocycles. The Morgan fingerprint density at radius 3 is 2.82 bits per heavy atom. The fourth-order valence-corrected chi connectivity index (χ4v) is 0.974. The zero-order valence-electron chi connectivity index (χ0n) is 5.66. The van der Waals surface area contributed by atoms with E-state index in [0.717, 1.165) is 6.20 Å². The molecule has 0 spiro atoms. The maximum atomic E-state index is 12.9. The first-order chi connectivity index (χ1) is 5.38. The fourth-order valence-electron chi connectivity index (χ4n) is 0.974. The van der Waals surface area contributed by atoms with Crippen LogP contribution in [-0.4, -0.2) is 10.2 Å². The quantitative estimate of drug-likeness (QED) is 0.569. The first-order valence-electron chi connectivity index (χ1n) is 3.24. The number of halogens is 1. The molecular formula is C8H5FN2. The van der Waals surface area contributed by atoms with E-state index in [9.17, 15) is 4.39 Å². The zero-order chi connectivity index (χ0) is 7.68. The van der Waals surface area contributed by atoms with Crippen LogP contribution in [0, 0.1) is 5.82 Å². The molecule has 0 aliphatic heterocycles. The molecule has 2 aromatic rings. The van der Waals surface area contributed by atoms with Gasteiger partial charge in [0.1, 0.15) is 0 Å². The highest BCUT2D eigenvalue weighted by Gasteiger charge is 1.98. The van der Waals surface area contributed by atoms with Gasteiger partial charge in [0.2, 0.25) is 0 Å². The lowest BCUT2D eigenvalue weighted by molar-refractivity contribution is 0.629. The van der Waals surface area contributed by atoms with Gasteiger partial charge in [-0.15, -0.1) is 0 Å². The van der Waals surface area contributed by atoms with E-state index in [-0.39, 0.29) is 5.82 Å². The van der Waals surface area contributed by atoms with Crippen LogP contribution in [0.25, 0.3) is 10.9 Å². The minimum Gasteiger partial charge on any atom is -0.204 e. The second-order valence-corrected chi connectivity index (χ2v) is 2.21. The van der Waals surface area contributed by atoms with Crippen LogP contribution in [0.4, 0.5) is 4.39 Å². The van der Waals surface area contributed by atoms with Gasteiger partial charge in [-0.1, -0.05) is 12.1 Å². The van der Waals surface area contributed by atoms with E-state index in [1.54, 1.807) is 24.3 Å². The highest BCUT2D eigenvalue weighted by atomic mass is 19.1. The molecule has 2 nitrogen and oxygen atoms in total. The smallest absolute Gasteiger partial charge is 0.152 e. The summed E-state index contributed by atoms with van der Waals surface area (Å²) in [6.45, 7) is 0. The van der Waals surface area contributed by atoms with Crippen LogP contribution in [0.15, 0.2) is 30.5 Å². The van der Waals surface area contributed by atoms with Crippen molar-refractivity contribution in [3.63, 3.8) is 0 Å². The Morgan fingerprint density at radius 2 is 2.00 bits per heavy atom. The third-order valence-electron chi connectivity index (χ3n) is 1.50. The van der Waals surface area contributed by atoms with Gasteiger partial charge in [-0.3, -0.25) is 0 Å². The molecule has 0 saturated heterocycles. The standard InChI is InChI=1S/C8H5FN2/c9-7-5-10-11-8-4-2-1-3-6(7)8/h1-5H. The lowest BCUT2D eigenvalue weighted by Crippen LogP contribution is -1.85. The largest absolute Gasteiger partial charge is 0.204 e. The van der Waals surface area contributed by atoms with Crippen LogP contribution >= 0.6 is 0 Å². The summed E-state index contributed by atoms with van der Waals surface area (Å²) in [7, 11) is 0. The molecule has 0 aliphatic rings. The molecule has 1 aromatic carbocycles. The summed E-state index contributed by atoms with van der Waals surface area (Å²) in [6, 6.07) is 6.98. The maximum absolute atomic E-state index is 12.9. The molecule has 0 bridgehead atoms. The second-order valence-electron chi connectivity index (χ2n) is 2.21. The zero-order valence-corrected chi connectivity index (χ0v) is 5.66. The summed E-state index contributed by atoms with van der Waals surface area (Å²) >= 11 is 0. The van der Waals surface area contributed by atoms with E-state index in [2.05, 4.69) is 10.2 Å². The van der Waals surface area contributed by atoms with Crippen molar-refractivity contribution in [3.8, 4) is 0 Å². The molecule has 0 fully saturated rings. The van der Waals surface area contributed by atoms with E-state index in [0.29, 0.717) is 10.9 Å². The predicted molar refractivity (Wildman–Crippen MR) is 39.5 cm³/mol. The van der Waals surface area contributed by atoms with Crippen LogP contribution in [0.1, 0.15) is 0 Å². The summed E-state index contributed by atoms with van der Waals surface area (Å²) in [5.74, 6) is -0.324. The topological polar surface area (TPSA) is 25.8 Å². The van der Waals surface area contributed by atoms with Gasteiger partial charge in [0.15, 0.2) is 5.82 Å². The molecule has 3 heteroatoms. The van der Waals surface area contributed by atoms with E-state index < -0.39 is 0 Å². The lowest BCUT2D eigenvalue weighted by atomic mass is 10.2. The molecule has 0 atom stereocenters. The number of fused-ring (bicyclic) bond motifs is 1. The van der Waals surface area contributed by atoms with E-state index in [4.69, 9.17) is 0 Å². The molecular weight excluding hydrogens is 143 g/mol. The fraction of sp³-hybridized carbons (Fsp3) is 0. The molecule has 0 saturated carbocycles. The minimum absolute atomic E-state index is 0.324. The predicted octanol–water partition coefficient (Wildman–Crippen LogP) is 1.77. The molecule has 0 N–H and O–H groups in total. The summed E-state index contributed by atoms with van der Waals surface area (Å²) in [6.07, 6.45) is 1.11. The number of rotatable bonds is 0. The van der Waals surface area contributed by atoms with Gasteiger partial charge in [-0.2, -0.15) is 10.2 Å². The van der Waals surface area contributed by atoms with Crippen LogP contribution < -0.4 is 0 Å². The van der Waals surface area contributed by atoms with Crippen molar-refractivity contribution >= 4 is 10.9 Å². The molecule has 0 amide bonds. The number of aromatic nitrogens is 2. The Morgan fingerprint density at radius 1 is 1.18 bits per heavy atom. The molecule has 54 valence electrons. The van der Waals surface area contributed by atoms with Gasteiger partial charge < -0.3 is 0 Å². The average molecular weight is 148 g/mol. The molecule has 1 heterocycles. The van der Waals surface area contributed by atoms with Crippen molar-refractivity contribution in [1.29, 1.82) is 0 Å². The van der Waals surface area contributed by atoms with Gasteiger partial charge in [0, 0.05) is 5.39 Å². The van der Waals surface area contributed by atoms with Crippen molar-refractivity contribution in [3.05, 3.63) is 36.3 Å². The Hall–Kier alpha value is -1.51. The highest BCUT2D eigenvalue weighted by Crippen LogP contribution is 2.12. The average Bonchev–Trinajstić information content (AvgIpc) is 2.06. The van der Waals surface area contributed by atoms with Crippen molar-refractivity contribution in [2.24, 2.45) is 0 Å². The van der Waals surface area contributed by atoms with Gasteiger partial charge in [-0.05, 0) is 12.1 Å². The van der Waals surface area contributed by atoms with E-state index >= 15 is 0 Å². The third kappa shape index (κ3) is 0.941. The Bertz CT molecular complexity index is 381. The number of nitrogens with zero attached hydrogens (tertiary/aromatic N) is 2. The summed E-state index contributed by atoms with van der Waals surface area (Å²) in [5, 5.41) is 7.76. The Labute approximate surface area is 62.7 Å². The summed E-state index contributed by atoms with van der Waals surface area (Å²) in [5.41, 5.74) is 0.590. The molecule has 11 heavy (non-hydrogen) atoms. The van der Waals surface area contributed by atoms with Crippen LogP contribution in [0.3, 0.4) is 0 Å². The molecule has 0 unspecified atom stereocenters. The number of hydrogen-bond acceptors (Lipinski definition) is 2. The van der Waals surface area contributed by atoms with Crippen LogP contribution in [0.5, 0.6) is 0 Å². The number of hydrogen-bond donors (Lipinski definition) is 0. The molecule has 0 radical (unpaired) electrons. The van der Waals surface area contributed by atoms with Crippen molar-refractivity contribution in [1.82, 2.24) is 10.2 Å². The SMILES string of the molecule is Fc1cnnc2ccccc12. The van der Waals surface area contributed by atoms with E-state index in [1.165, 1.54) is 0 Å². The van der Waals surface area contributed by atoms with Gasteiger partial charge in [-0.25, -0.2) is 4.39 Å². The molecule has 2 rings (SSSR count). The van der Waals surface area contributed by atoms with Crippen molar-refractivity contribution in [2.75, 3.05) is 0 Å². The number of benzene rings is 1. The Balaban J connectivity index is 2.91. The monoisotopic (exact) mass is 148 g/mol. The summed E-state index contributed by atoms with van der Waals surface area (Å²) < 4.78 is 12.9.